The van der Waals surface area contributed by atoms with Gasteiger partial charge in [-0.3, -0.25) is 0 Å². The molecule has 0 aliphatic heterocycles. The molecule has 0 saturated carbocycles. The van der Waals surface area contributed by atoms with Gasteiger partial charge in [0.1, 0.15) is 5.75 Å². The van der Waals surface area contributed by atoms with E-state index in [-0.39, 0.29) is 0 Å². The number of rotatable bonds is 5. The molecule has 15 heavy (non-hydrogen) atoms. The van der Waals surface area contributed by atoms with Crippen molar-refractivity contribution in [3.05, 3.63) is 29.8 Å². The highest BCUT2D eigenvalue weighted by molar-refractivity contribution is 5.30. The smallest absolute Gasteiger partial charge is 0.119 e. The summed E-state index contributed by atoms with van der Waals surface area (Å²) in [7, 11) is 1.70. The average Bonchev–Trinajstić information content (AvgIpc) is 2.26. The van der Waals surface area contributed by atoms with Crippen LogP contribution in [0.3, 0.4) is 0 Å². The van der Waals surface area contributed by atoms with Crippen LogP contribution in [-0.4, -0.2) is 13.7 Å². The van der Waals surface area contributed by atoms with Gasteiger partial charge in [-0.1, -0.05) is 26.0 Å². The molecule has 0 bridgehead atoms. The standard InChI is InChI=1S/C13H21NO/c1-10(2)9-14-11(3)12-6-5-7-13(8-12)15-4/h5-8,10-11,14H,9H2,1-4H3/t11-/m1/s1. The Morgan fingerprint density at radius 3 is 2.60 bits per heavy atom. The highest BCUT2D eigenvalue weighted by atomic mass is 16.5. The van der Waals surface area contributed by atoms with Gasteiger partial charge in [-0.05, 0) is 37.1 Å². The number of nitrogens with one attached hydrogen (secondary N) is 1. The summed E-state index contributed by atoms with van der Waals surface area (Å²) in [6.07, 6.45) is 0. The van der Waals surface area contributed by atoms with Gasteiger partial charge in [-0.15, -0.1) is 0 Å². The zero-order valence-electron chi connectivity index (χ0n) is 10.1. The number of ether oxygens (including phenoxy) is 1. The first kappa shape index (κ1) is 12.1. The molecule has 0 aliphatic carbocycles. The quantitative estimate of drug-likeness (QED) is 0.801. The molecule has 0 fully saturated rings. The second kappa shape index (κ2) is 5.76. The molecule has 0 aliphatic rings. The van der Waals surface area contributed by atoms with Crippen molar-refractivity contribution in [2.45, 2.75) is 26.8 Å². The monoisotopic (exact) mass is 207 g/mol. The molecule has 0 amide bonds. The maximum atomic E-state index is 5.20. The minimum Gasteiger partial charge on any atom is -0.497 e. The van der Waals surface area contributed by atoms with E-state index in [1.54, 1.807) is 7.11 Å². The van der Waals surface area contributed by atoms with Crippen LogP contribution in [0.2, 0.25) is 0 Å². The predicted octanol–water partition coefficient (Wildman–Crippen LogP) is 3.00. The normalized spacial score (nSPS) is 12.9. The van der Waals surface area contributed by atoms with Crippen molar-refractivity contribution in [1.29, 1.82) is 0 Å². The summed E-state index contributed by atoms with van der Waals surface area (Å²) in [4.78, 5) is 0. The molecule has 0 unspecified atom stereocenters. The van der Waals surface area contributed by atoms with E-state index in [9.17, 15) is 0 Å². The second-order valence-electron chi connectivity index (χ2n) is 4.30. The Hall–Kier alpha value is -1.02. The lowest BCUT2D eigenvalue weighted by atomic mass is 10.1. The van der Waals surface area contributed by atoms with Gasteiger partial charge >= 0.3 is 0 Å². The lowest BCUT2D eigenvalue weighted by Gasteiger charge is -2.16. The molecule has 84 valence electrons. The van der Waals surface area contributed by atoms with Crippen LogP contribution in [0.1, 0.15) is 32.4 Å². The van der Waals surface area contributed by atoms with Crippen LogP contribution < -0.4 is 10.1 Å². The van der Waals surface area contributed by atoms with Crippen LogP contribution in [0.4, 0.5) is 0 Å². The van der Waals surface area contributed by atoms with Gasteiger partial charge < -0.3 is 10.1 Å². The van der Waals surface area contributed by atoms with Crippen LogP contribution in [0.25, 0.3) is 0 Å². The van der Waals surface area contributed by atoms with E-state index in [1.807, 2.05) is 12.1 Å². The Labute approximate surface area is 92.6 Å². The molecule has 0 heterocycles. The number of benzene rings is 1. The number of hydrogen-bond acceptors (Lipinski definition) is 2. The van der Waals surface area contributed by atoms with Crippen molar-refractivity contribution in [3.8, 4) is 5.75 Å². The van der Waals surface area contributed by atoms with Crippen molar-refractivity contribution < 1.29 is 4.74 Å². The van der Waals surface area contributed by atoms with Crippen LogP contribution in [0.15, 0.2) is 24.3 Å². The maximum absolute atomic E-state index is 5.20. The van der Waals surface area contributed by atoms with Crippen LogP contribution in [0.5, 0.6) is 5.75 Å². The molecule has 0 saturated heterocycles. The van der Waals surface area contributed by atoms with E-state index in [1.165, 1.54) is 5.56 Å². The third kappa shape index (κ3) is 3.92. The molecule has 1 aromatic carbocycles. The van der Waals surface area contributed by atoms with Crippen LogP contribution in [-0.2, 0) is 0 Å². The largest absolute Gasteiger partial charge is 0.497 e. The molecule has 2 nitrogen and oxygen atoms in total. The lowest BCUT2D eigenvalue weighted by molar-refractivity contribution is 0.413. The summed E-state index contributed by atoms with van der Waals surface area (Å²) >= 11 is 0. The Morgan fingerprint density at radius 1 is 1.27 bits per heavy atom. The Balaban J connectivity index is 2.60. The summed E-state index contributed by atoms with van der Waals surface area (Å²) in [6, 6.07) is 8.58. The van der Waals surface area contributed by atoms with E-state index < -0.39 is 0 Å². The van der Waals surface area contributed by atoms with Gasteiger partial charge in [0.15, 0.2) is 0 Å². The average molecular weight is 207 g/mol. The molecule has 2 heteroatoms. The predicted molar refractivity (Wildman–Crippen MR) is 64.2 cm³/mol. The SMILES string of the molecule is COc1cccc([C@@H](C)NCC(C)C)c1. The van der Waals surface area contributed by atoms with Gasteiger partial charge in [0.05, 0.1) is 7.11 Å². The van der Waals surface area contributed by atoms with Gasteiger partial charge in [0.2, 0.25) is 0 Å². The maximum Gasteiger partial charge on any atom is 0.119 e. The lowest BCUT2D eigenvalue weighted by Crippen LogP contribution is -2.23. The summed E-state index contributed by atoms with van der Waals surface area (Å²) in [5.41, 5.74) is 1.27. The summed E-state index contributed by atoms with van der Waals surface area (Å²) in [5.74, 6) is 1.60. The summed E-state index contributed by atoms with van der Waals surface area (Å²) in [5, 5.41) is 3.49. The molecule has 0 spiro atoms. The fourth-order valence-electron chi connectivity index (χ4n) is 1.44. The molecular formula is C13H21NO. The summed E-state index contributed by atoms with van der Waals surface area (Å²) < 4.78 is 5.20. The van der Waals surface area contributed by atoms with E-state index in [0.717, 1.165) is 12.3 Å². The highest BCUT2D eigenvalue weighted by Crippen LogP contribution is 2.18. The van der Waals surface area contributed by atoms with Gasteiger partial charge in [0.25, 0.3) is 0 Å². The molecule has 1 aromatic rings. The Kier molecular flexibility index (Phi) is 4.63. The zero-order chi connectivity index (χ0) is 11.3. The third-order valence-electron chi connectivity index (χ3n) is 2.43. The van der Waals surface area contributed by atoms with Crippen molar-refractivity contribution in [2.75, 3.05) is 13.7 Å². The Bertz CT molecular complexity index is 296. The number of methoxy groups -OCH3 is 1. The summed E-state index contributed by atoms with van der Waals surface area (Å²) in [6.45, 7) is 7.64. The van der Waals surface area contributed by atoms with Gasteiger partial charge in [-0.25, -0.2) is 0 Å². The fraction of sp³-hybridized carbons (Fsp3) is 0.538. The van der Waals surface area contributed by atoms with Gasteiger partial charge in [0, 0.05) is 6.04 Å². The molecular weight excluding hydrogens is 186 g/mol. The van der Waals surface area contributed by atoms with Crippen molar-refractivity contribution >= 4 is 0 Å². The minimum atomic E-state index is 0.377. The van der Waals surface area contributed by atoms with E-state index in [2.05, 4.69) is 38.2 Å². The zero-order valence-corrected chi connectivity index (χ0v) is 10.1. The van der Waals surface area contributed by atoms with Crippen molar-refractivity contribution in [2.24, 2.45) is 5.92 Å². The minimum absolute atomic E-state index is 0.377. The Morgan fingerprint density at radius 2 is 2.00 bits per heavy atom. The van der Waals surface area contributed by atoms with E-state index in [4.69, 9.17) is 4.74 Å². The number of hydrogen-bond donors (Lipinski definition) is 1. The first-order valence-electron chi connectivity index (χ1n) is 5.50. The third-order valence-corrected chi connectivity index (χ3v) is 2.43. The molecule has 1 rings (SSSR count). The van der Waals surface area contributed by atoms with E-state index in [0.29, 0.717) is 12.0 Å². The van der Waals surface area contributed by atoms with Crippen LogP contribution in [0, 0.1) is 5.92 Å². The second-order valence-corrected chi connectivity index (χ2v) is 4.30. The molecule has 0 radical (unpaired) electrons. The first-order chi connectivity index (χ1) is 7.13. The first-order valence-corrected chi connectivity index (χ1v) is 5.50. The van der Waals surface area contributed by atoms with Crippen LogP contribution >= 0.6 is 0 Å². The van der Waals surface area contributed by atoms with Crippen molar-refractivity contribution in [3.63, 3.8) is 0 Å². The molecule has 1 atom stereocenters. The molecule has 0 aromatic heterocycles. The van der Waals surface area contributed by atoms with E-state index >= 15 is 0 Å². The van der Waals surface area contributed by atoms with Crippen molar-refractivity contribution in [1.82, 2.24) is 5.32 Å². The topological polar surface area (TPSA) is 21.3 Å². The van der Waals surface area contributed by atoms with Gasteiger partial charge in [-0.2, -0.15) is 0 Å². The fourth-order valence-corrected chi connectivity index (χ4v) is 1.44. The molecule has 1 N–H and O–H groups in total. The highest BCUT2D eigenvalue weighted by Gasteiger charge is 2.05.